The highest BCUT2D eigenvalue weighted by molar-refractivity contribution is 7.99. The number of amides is 1. The van der Waals surface area contributed by atoms with Crippen LogP contribution in [-0.2, 0) is 9.53 Å². The molecule has 2 aromatic rings. The minimum Gasteiger partial charge on any atom is -1.00 e. The van der Waals surface area contributed by atoms with Gasteiger partial charge in [-0.05, 0) is 29.0 Å². The summed E-state index contributed by atoms with van der Waals surface area (Å²) in [5.74, 6) is 0.255. The van der Waals surface area contributed by atoms with Gasteiger partial charge in [0.1, 0.15) is 0 Å². The molecule has 0 N–H and O–H groups in total. The highest BCUT2D eigenvalue weighted by atomic mass is 35.5. The van der Waals surface area contributed by atoms with Gasteiger partial charge in [0.05, 0.1) is 18.9 Å². The van der Waals surface area contributed by atoms with Crippen LogP contribution in [0.1, 0.15) is 12.8 Å². The summed E-state index contributed by atoms with van der Waals surface area (Å²) in [6.07, 6.45) is 1.62. The Hall–Kier alpha value is -1.68. The third-order valence-electron chi connectivity index (χ3n) is 4.87. The number of ether oxygens (including phenoxy) is 1. The standard InChI is InChI=1S/C18H24N6O2S.ClH/c25-17-7-4-8-23(17)14-16(13-22-9-11-26-12-10-22)27-18-19-20-21-24(18)15-5-2-1-3-6-15;/h1-3,5-6,16H,4,7-14H2;1H/p-1. The third kappa shape index (κ3) is 5.22. The van der Waals surface area contributed by atoms with Crippen LogP contribution in [0, 0.1) is 0 Å². The van der Waals surface area contributed by atoms with E-state index in [-0.39, 0.29) is 23.6 Å². The second kappa shape index (κ2) is 10.2. The fourth-order valence-corrected chi connectivity index (χ4v) is 4.64. The molecule has 0 spiro atoms. The number of aromatic nitrogens is 4. The fraction of sp³-hybridized carbons (Fsp3) is 0.556. The number of hydrogen-bond donors (Lipinski definition) is 0. The molecule has 2 fully saturated rings. The van der Waals surface area contributed by atoms with Gasteiger partial charge in [-0.2, -0.15) is 4.68 Å². The summed E-state index contributed by atoms with van der Waals surface area (Å²) >= 11 is 1.65. The van der Waals surface area contributed by atoms with Crippen LogP contribution < -0.4 is 12.4 Å². The molecule has 0 radical (unpaired) electrons. The molecule has 2 aliphatic rings. The number of benzene rings is 1. The smallest absolute Gasteiger partial charge is 0.222 e. The van der Waals surface area contributed by atoms with Gasteiger partial charge in [-0.3, -0.25) is 9.69 Å². The number of hydrogen-bond acceptors (Lipinski definition) is 7. The van der Waals surface area contributed by atoms with Gasteiger partial charge >= 0.3 is 0 Å². The highest BCUT2D eigenvalue weighted by Gasteiger charge is 2.27. The minimum absolute atomic E-state index is 0. The minimum atomic E-state index is 0. The van der Waals surface area contributed by atoms with Gasteiger partial charge in [-0.1, -0.05) is 30.0 Å². The molecular formula is C18H24ClN6O2S-. The first-order valence-electron chi connectivity index (χ1n) is 9.38. The van der Waals surface area contributed by atoms with E-state index < -0.39 is 0 Å². The van der Waals surface area contributed by atoms with Crippen LogP contribution in [0.3, 0.4) is 0 Å². The van der Waals surface area contributed by atoms with Crippen LogP contribution >= 0.6 is 11.8 Å². The number of nitrogens with zero attached hydrogens (tertiary/aromatic N) is 6. The number of tetrazole rings is 1. The molecule has 3 heterocycles. The van der Waals surface area contributed by atoms with E-state index in [1.54, 1.807) is 16.4 Å². The molecule has 2 saturated heterocycles. The maximum absolute atomic E-state index is 12.1. The first-order valence-corrected chi connectivity index (χ1v) is 10.3. The van der Waals surface area contributed by atoms with E-state index in [1.165, 1.54) is 0 Å². The van der Waals surface area contributed by atoms with Gasteiger partial charge in [-0.15, -0.1) is 5.10 Å². The molecule has 10 heteroatoms. The number of carbonyl (C=O) groups is 1. The number of thioether (sulfide) groups is 1. The zero-order chi connectivity index (χ0) is 18.5. The molecule has 1 aromatic heterocycles. The number of likely N-dealkylation sites (tertiary alicyclic amines) is 1. The van der Waals surface area contributed by atoms with Crippen LogP contribution in [0.5, 0.6) is 0 Å². The highest BCUT2D eigenvalue weighted by Crippen LogP contribution is 2.26. The van der Waals surface area contributed by atoms with Crippen LogP contribution in [0.4, 0.5) is 0 Å². The number of morpholine rings is 1. The SMILES string of the molecule is O=C1CCCN1CC(CN1CCOCC1)Sc1nnnn1-c1ccccc1.[Cl-]. The number of para-hydroxylation sites is 1. The summed E-state index contributed by atoms with van der Waals surface area (Å²) in [4.78, 5) is 16.5. The lowest BCUT2D eigenvalue weighted by molar-refractivity contribution is -0.127. The normalized spacial score (nSPS) is 18.9. The van der Waals surface area contributed by atoms with Crippen LogP contribution in [0.2, 0.25) is 0 Å². The summed E-state index contributed by atoms with van der Waals surface area (Å²) in [6.45, 7) is 5.84. The Morgan fingerprint density at radius 3 is 2.61 bits per heavy atom. The van der Waals surface area contributed by atoms with E-state index >= 15 is 0 Å². The molecule has 2 aliphatic heterocycles. The average Bonchev–Trinajstić information content (AvgIpc) is 3.32. The van der Waals surface area contributed by atoms with Crippen molar-refractivity contribution in [1.82, 2.24) is 30.0 Å². The van der Waals surface area contributed by atoms with E-state index in [0.717, 1.165) is 63.2 Å². The third-order valence-corrected chi connectivity index (χ3v) is 5.97. The van der Waals surface area contributed by atoms with Crippen molar-refractivity contribution in [3.8, 4) is 5.69 Å². The molecule has 28 heavy (non-hydrogen) atoms. The van der Waals surface area contributed by atoms with E-state index in [1.807, 2.05) is 35.2 Å². The Morgan fingerprint density at radius 1 is 1.11 bits per heavy atom. The zero-order valence-corrected chi connectivity index (χ0v) is 17.2. The van der Waals surface area contributed by atoms with Crippen molar-refractivity contribution in [3.05, 3.63) is 30.3 Å². The first-order chi connectivity index (χ1) is 13.3. The van der Waals surface area contributed by atoms with Crippen molar-refractivity contribution in [3.63, 3.8) is 0 Å². The summed E-state index contributed by atoms with van der Waals surface area (Å²) < 4.78 is 7.23. The second-order valence-electron chi connectivity index (χ2n) is 6.80. The van der Waals surface area contributed by atoms with Gasteiger partial charge in [0, 0.05) is 44.4 Å². The summed E-state index contributed by atoms with van der Waals surface area (Å²) in [5, 5.41) is 13.2. The number of halogens is 1. The fourth-order valence-electron chi connectivity index (χ4n) is 3.48. The maximum Gasteiger partial charge on any atom is 0.222 e. The van der Waals surface area contributed by atoms with Crippen molar-refractivity contribution < 1.29 is 21.9 Å². The molecule has 1 amide bonds. The first kappa shape index (κ1) is 21.0. The molecule has 0 aliphatic carbocycles. The molecule has 4 rings (SSSR count). The summed E-state index contributed by atoms with van der Waals surface area (Å²) in [5.41, 5.74) is 0.937. The number of carbonyl (C=O) groups excluding carboxylic acids is 1. The Balaban J connectivity index is 0.00000225. The Bertz CT molecular complexity index is 756. The Labute approximate surface area is 175 Å². The zero-order valence-electron chi connectivity index (χ0n) is 15.6. The van der Waals surface area contributed by atoms with Gasteiger partial charge < -0.3 is 22.0 Å². The largest absolute Gasteiger partial charge is 1.00 e. The molecule has 1 aromatic carbocycles. The van der Waals surface area contributed by atoms with E-state index in [4.69, 9.17) is 4.74 Å². The quantitative estimate of drug-likeness (QED) is 0.480. The van der Waals surface area contributed by atoms with Crippen molar-refractivity contribution in [2.24, 2.45) is 0 Å². The molecular weight excluding hydrogens is 400 g/mol. The van der Waals surface area contributed by atoms with Gasteiger partial charge in [0.2, 0.25) is 11.1 Å². The molecule has 0 saturated carbocycles. The maximum atomic E-state index is 12.1. The summed E-state index contributed by atoms with van der Waals surface area (Å²) in [7, 11) is 0. The Morgan fingerprint density at radius 2 is 1.89 bits per heavy atom. The van der Waals surface area contributed by atoms with Crippen LogP contribution in [0.25, 0.3) is 5.69 Å². The molecule has 152 valence electrons. The molecule has 0 bridgehead atoms. The lowest BCUT2D eigenvalue weighted by Gasteiger charge is -2.31. The Kier molecular flexibility index (Phi) is 7.66. The van der Waals surface area contributed by atoms with E-state index in [0.29, 0.717) is 6.42 Å². The topological polar surface area (TPSA) is 76.4 Å². The van der Waals surface area contributed by atoms with Crippen molar-refractivity contribution in [2.75, 3.05) is 45.9 Å². The van der Waals surface area contributed by atoms with Crippen LogP contribution in [-0.4, -0.2) is 87.1 Å². The molecule has 8 nitrogen and oxygen atoms in total. The number of rotatable bonds is 7. The predicted octanol–water partition coefficient (Wildman–Crippen LogP) is -1.92. The van der Waals surface area contributed by atoms with Crippen LogP contribution in [0.15, 0.2) is 35.5 Å². The van der Waals surface area contributed by atoms with E-state index in [9.17, 15) is 4.79 Å². The van der Waals surface area contributed by atoms with E-state index in [2.05, 4.69) is 20.4 Å². The lowest BCUT2D eigenvalue weighted by Crippen LogP contribution is -3.00. The molecule has 1 atom stereocenters. The van der Waals surface area contributed by atoms with Crippen molar-refractivity contribution in [2.45, 2.75) is 23.2 Å². The monoisotopic (exact) mass is 423 g/mol. The van der Waals surface area contributed by atoms with Crippen molar-refractivity contribution in [1.29, 1.82) is 0 Å². The molecule has 1 unspecified atom stereocenters. The van der Waals surface area contributed by atoms with Gasteiger partial charge in [0.15, 0.2) is 0 Å². The van der Waals surface area contributed by atoms with Crippen molar-refractivity contribution >= 4 is 17.7 Å². The lowest BCUT2D eigenvalue weighted by atomic mass is 10.3. The van der Waals surface area contributed by atoms with Gasteiger partial charge in [0.25, 0.3) is 0 Å². The van der Waals surface area contributed by atoms with Gasteiger partial charge in [-0.25, -0.2) is 0 Å². The summed E-state index contributed by atoms with van der Waals surface area (Å²) in [6, 6.07) is 9.89. The predicted molar refractivity (Wildman–Crippen MR) is 102 cm³/mol. The second-order valence-corrected chi connectivity index (χ2v) is 8.07. The average molecular weight is 424 g/mol.